The molecule has 0 saturated carbocycles. The largest absolute Gasteiger partial charge is 0.480 e. The predicted octanol–water partition coefficient (Wildman–Crippen LogP) is -0.00560. The Labute approximate surface area is 92.5 Å². The van der Waals surface area contributed by atoms with Gasteiger partial charge in [-0.3, -0.25) is 9.59 Å². The standard InChI is InChI=1S/C10H13N3O3/c1-6(14)13-9-3-2-7(5-12-9)4-8(11)10(15)16/h2-3,5,8H,4,11H2,1H3,(H,15,16)(H,12,13,14)/t8-/m0/s1. The van der Waals surface area contributed by atoms with Crippen molar-refractivity contribution in [2.24, 2.45) is 5.73 Å². The van der Waals surface area contributed by atoms with Crippen LogP contribution in [-0.2, 0) is 16.0 Å². The Morgan fingerprint density at radius 1 is 1.56 bits per heavy atom. The van der Waals surface area contributed by atoms with Gasteiger partial charge in [0.2, 0.25) is 5.91 Å². The predicted molar refractivity (Wildman–Crippen MR) is 57.9 cm³/mol. The van der Waals surface area contributed by atoms with Crippen molar-refractivity contribution in [1.82, 2.24) is 4.98 Å². The highest BCUT2D eigenvalue weighted by Gasteiger charge is 2.12. The van der Waals surface area contributed by atoms with Crippen molar-refractivity contribution >= 4 is 17.7 Å². The number of amides is 1. The Hall–Kier alpha value is -1.95. The number of aromatic nitrogens is 1. The zero-order chi connectivity index (χ0) is 12.1. The maximum atomic E-state index is 10.7. The second kappa shape index (κ2) is 5.22. The minimum atomic E-state index is -1.05. The fraction of sp³-hybridized carbons (Fsp3) is 0.300. The summed E-state index contributed by atoms with van der Waals surface area (Å²) in [6.07, 6.45) is 1.71. The first-order valence-corrected chi connectivity index (χ1v) is 4.70. The molecule has 0 radical (unpaired) electrons. The van der Waals surface area contributed by atoms with Gasteiger partial charge in [-0.05, 0) is 18.1 Å². The van der Waals surface area contributed by atoms with Crippen LogP contribution in [0.4, 0.5) is 5.82 Å². The third-order valence-electron chi connectivity index (χ3n) is 1.90. The van der Waals surface area contributed by atoms with E-state index in [1.54, 1.807) is 12.1 Å². The summed E-state index contributed by atoms with van der Waals surface area (Å²) in [5.74, 6) is -0.825. The molecular formula is C10H13N3O3. The first-order valence-electron chi connectivity index (χ1n) is 4.70. The van der Waals surface area contributed by atoms with Crippen LogP contribution in [-0.4, -0.2) is 28.0 Å². The number of rotatable bonds is 4. The van der Waals surface area contributed by atoms with E-state index in [1.807, 2.05) is 0 Å². The fourth-order valence-electron chi connectivity index (χ4n) is 1.14. The summed E-state index contributed by atoms with van der Waals surface area (Å²) in [6, 6.07) is 2.35. The SMILES string of the molecule is CC(=O)Nc1ccc(C[C@H](N)C(=O)O)cn1. The maximum absolute atomic E-state index is 10.7. The number of hydrogen-bond acceptors (Lipinski definition) is 4. The van der Waals surface area contributed by atoms with Gasteiger partial charge in [-0.1, -0.05) is 6.07 Å². The summed E-state index contributed by atoms with van der Waals surface area (Å²) < 4.78 is 0. The highest BCUT2D eigenvalue weighted by atomic mass is 16.4. The van der Waals surface area contributed by atoms with E-state index in [0.29, 0.717) is 11.4 Å². The number of hydrogen-bond donors (Lipinski definition) is 3. The lowest BCUT2D eigenvalue weighted by molar-refractivity contribution is -0.138. The molecule has 1 aromatic rings. The molecule has 0 aliphatic rings. The van der Waals surface area contributed by atoms with E-state index in [2.05, 4.69) is 10.3 Å². The molecule has 1 rings (SSSR count). The van der Waals surface area contributed by atoms with Gasteiger partial charge in [0.1, 0.15) is 11.9 Å². The Morgan fingerprint density at radius 3 is 2.69 bits per heavy atom. The lowest BCUT2D eigenvalue weighted by Gasteiger charge is -2.06. The summed E-state index contributed by atoms with van der Waals surface area (Å²) in [7, 11) is 0. The normalized spacial score (nSPS) is 11.9. The number of nitrogens with one attached hydrogen (secondary N) is 1. The van der Waals surface area contributed by atoms with E-state index >= 15 is 0 Å². The van der Waals surface area contributed by atoms with Crippen LogP contribution in [0, 0.1) is 0 Å². The number of carbonyl (C=O) groups is 2. The molecule has 1 atom stereocenters. The number of carboxylic acids is 1. The highest BCUT2D eigenvalue weighted by Crippen LogP contribution is 2.06. The third-order valence-corrected chi connectivity index (χ3v) is 1.90. The number of carboxylic acid groups (broad SMARTS) is 1. The number of anilines is 1. The Morgan fingerprint density at radius 2 is 2.25 bits per heavy atom. The molecule has 6 heteroatoms. The van der Waals surface area contributed by atoms with Gasteiger partial charge in [0.05, 0.1) is 0 Å². The van der Waals surface area contributed by atoms with Crippen LogP contribution >= 0.6 is 0 Å². The summed E-state index contributed by atoms with van der Waals surface area (Å²) in [5, 5.41) is 11.1. The second-order valence-corrected chi connectivity index (χ2v) is 3.38. The molecule has 4 N–H and O–H groups in total. The van der Waals surface area contributed by atoms with Crippen molar-refractivity contribution in [3.8, 4) is 0 Å². The second-order valence-electron chi connectivity index (χ2n) is 3.38. The van der Waals surface area contributed by atoms with Crippen molar-refractivity contribution in [3.05, 3.63) is 23.9 Å². The van der Waals surface area contributed by atoms with Gasteiger partial charge in [0.15, 0.2) is 0 Å². The molecule has 0 bridgehead atoms. The number of pyridine rings is 1. The molecular weight excluding hydrogens is 210 g/mol. The van der Waals surface area contributed by atoms with Crippen LogP contribution in [0.25, 0.3) is 0 Å². The van der Waals surface area contributed by atoms with Crippen LogP contribution < -0.4 is 11.1 Å². The molecule has 0 fully saturated rings. The zero-order valence-corrected chi connectivity index (χ0v) is 8.80. The Balaban J connectivity index is 2.64. The van der Waals surface area contributed by atoms with Crippen LogP contribution in [0.3, 0.4) is 0 Å². The molecule has 0 aromatic carbocycles. The Kier molecular flexibility index (Phi) is 3.96. The molecule has 0 saturated heterocycles. The van der Waals surface area contributed by atoms with Crippen LogP contribution in [0.1, 0.15) is 12.5 Å². The average molecular weight is 223 g/mol. The van der Waals surface area contributed by atoms with Crippen molar-refractivity contribution in [2.45, 2.75) is 19.4 Å². The lowest BCUT2D eigenvalue weighted by atomic mass is 10.1. The minimum Gasteiger partial charge on any atom is -0.480 e. The maximum Gasteiger partial charge on any atom is 0.320 e. The van der Waals surface area contributed by atoms with Gasteiger partial charge in [-0.25, -0.2) is 4.98 Å². The molecule has 1 aromatic heterocycles. The number of nitrogens with zero attached hydrogens (tertiary/aromatic N) is 1. The summed E-state index contributed by atoms with van der Waals surface area (Å²) >= 11 is 0. The zero-order valence-electron chi connectivity index (χ0n) is 8.80. The summed E-state index contributed by atoms with van der Waals surface area (Å²) in [5.41, 5.74) is 6.08. The van der Waals surface area contributed by atoms with Crippen molar-refractivity contribution < 1.29 is 14.7 Å². The Bertz CT molecular complexity index is 389. The quantitative estimate of drug-likeness (QED) is 0.666. The van der Waals surface area contributed by atoms with E-state index in [4.69, 9.17) is 10.8 Å². The molecule has 16 heavy (non-hydrogen) atoms. The van der Waals surface area contributed by atoms with Crippen LogP contribution in [0.5, 0.6) is 0 Å². The summed E-state index contributed by atoms with van der Waals surface area (Å²) in [6.45, 7) is 1.38. The summed E-state index contributed by atoms with van der Waals surface area (Å²) in [4.78, 5) is 25.2. The van der Waals surface area contributed by atoms with Crippen molar-refractivity contribution in [2.75, 3.05) is 5.32 Å². The smallest absolute Gasteiger partial charge is 0.320 e. The molecule has 0 aliphatic carbocycles. The first-order chi connectivity index (χ1) is 7.49. The van der Waals surface area contributed by atoms with Gasteiger partial charge in [0, 0.05) is 13.1 Å². The van der Waals surface area contributed by atoms with E-state index in [-0.39, 0.29) is 12.3 Å². The van der Waals surface area contributed by atoms with Crippen molar-refractivity contribution in [1.29, 1.82) is 0 Å². The number of nitrogens with two attached hydrogens (primary N) is 1. The van der Waals surface area contributed by atoms with Gasteiger partial charge in [-0.2, -0.15) is 0 Å². The van der Waals surface area contributed by atoms with E-state index in [9.17, 15) is 9.59 Å². The lowest BCUT2D eigenvalue weighted by Crippen LogP contribution is -2.32. The molecule has 86 valence electrons. The van der Waals surface area contributed by atoms with E-state index in [0.717, 1.165) is 0 Å². The molecule has 0 unspecified atom stereocenters. The number of aliphatic carboxylic acids is 1. The topological polar surface area (TPSA) is 105 Å². The molecule has 1 heterocycles. The monoisotopic (exact) mass is 223 g/mol. The van der Waals surface area contributed by atoms with Crippen LogP contribution in [0.15, 0.2) is 18.3 Å². The minimum absolute atomic E-state index is 0.206. The molecule has 6 nitrogen and oxygen atoms in total. The highest BCUT2D eigenvalue weighted by molar-refractivity contribution is 5.87. The average Bonchev–Trinajstić information content (AvgIpc) is 2.20. The fourth-order valence-corrected chi connectivity index (χ4v) is 1.14. The first kappa shape index (κ1) is 12.1. The van der Waals surface area contributed by atoms with Crippen LogP contribution in [0.2, 0.25) is 0 Å². The van der Waals surface area contributed by atoms with Crippen molar-refractivity contribution in [3.63, 3.8) is 0 Å². The van der Waals surface area contributed by atoms with Gasteiger partial charge >= 0.3 is 5.97 Å². The van der Waals surface area contributed by atoms with E-state index < -0.39 is 12.0 Å². The van der Waals surface area contributed by atoms with Gasteiger partial charge < -0.3 is 16.2 Å². The molecule has 0 aliphatic heterocycles. The third kappa shape index (κ3) is 3.66. The van der Waals surface area contributed by atoms with Gasteiger partial charge in [0.25, 0.3) is 0 Å². The van der Waals surface area contributed by atoms with Gasteiger partial charge in [-0.15, -0.1) is 0 Å². The number of carbonyl (C=O) groups excluding carboxylic acids is 1. The molecule has 1 amide bonds. The van der Waals surface area contributed by atoms with E-state index in [1.165, 1.54) is 13.1 Å². The molecule has 0 spiro atoms.